The molecular weight excluding hydrogens is 271 g/mol. The van der Waals surface area contributed by atoms with E-state index in [1.807, 2.05) is 18.2 Å². The third-order valence-electron chi connectivity index (χ3n) is 2.94. The topological polar surface area (TPSA) is 20.2 Å². The largest absolute Gasteiger partial charge is 0.385 e. The SMILES string of the molecule is OC1(Cc2cccc(F)c2Br)C=CCCC1. The van der Waals surface area contributed by atoms with Gasteiger partial charge in [0.2, 0.25) is 0 Å². The van der Waals surface area contributed by atoms with Crippen LogP contribution in [0.25, 0.3) is 0 Å². The highest BCUT2D eigenvalue weighted by molar-refractivity contribution is 9.10. The Hall–Kier alpha value is -0.670. The minimum Gasteiger partial charge on any atom is -0.385 e. The Labute approximate surface area is 103 Å². The van der Waals surface area contributed by atoms with Crippen molar-refractivity contribution in [3.63, 3.8) is 0 Å². The van der Waals surface area contributed by atoms with Gasteiger partial charge in [-0.05, 0) is 46.8 Å². The van der Waals surface area contributed by atoms with Crippen molar-refractivity contribution >= 4 is 15.9 Å². The second-order valence-electron chi connectivity index (χ2n) is 4.29. The molecule has 0 aliphatic heterocycles. The number of hydrogen-bond acceptors (Lipinski definition) is 1. The first-order valence-electron chi connectivity index (χ1n) is 5.44. The fraction of sp³-hybridized carbons (Fsp3) is 0.385. The van der Waals surface area contributed by atoms with Crippen molar-refractivity contribution in [2.24, 2.45) is 0 Å². The molecule has 1 atom stereocenters. The molecule has 0 bridgehead atoms. The zero-order valence-corrected chi connectivity index (χ0v) is 10.5. The summed E-state index contributed by atoms with van der Waals surface area (Å²) >= 11 is 3.22. The monoisotopic (exact) mass is 284 g/mol. The predicted molar refractivity (Wildman–Crippen MR) is 65.7 cm³/mol. The number of allylic oxidation sites excluding steroid dienone is 1. The van der Waals surface area contributed by atoms with Gasteiger partial charge in [-0.1, -0.05) is 24.3 Å². The van der Waals surface area contributed by atoms with E-state index < -0.39 is 5.60 Å². The molecular formula is C13H14BrFO. The summed E-state index contributed by atoms with van der Waals surface area (Å²) in [6.07, 6.45) is 7.05. The number of rotatable bonds is 2. The maximum Gasteiger partial charge on any atom is 0.137 e. The summed E-state index contributed by atoms with van der Waals surface area (Å²) in [6, 6.07) is 4.92. The quantitative estimate of drug-likeness (QED) is 0.823. The van der Waals surface area contributed by atoms with Crippen molar-refractivity contribution in [1.29, 1.82) is 0 Å². The van der Waals surface area contributed by atoms with Crippen LogP contribution >= 0.6 is 15.9 Å². The van der Waals surface area contributed by atoms with Crippen LogP contribution in [0.3, 0.4) is 0 Å². The molecule has 1 N–H and O–H groups in total. The molecule has 1 unspecified atom stereocenters. The smallest absolute Gasteiger partial charge is 0.137 e. The standard InChI is InChI=1S/C13H14BrFO/c14-12-10(5-4-6-11(12)15)9-13(16)7-2-1-3-8-13/h2,4-7,16H,1,3,8-9H2. The van der Waals surface area contributed by atoms with Gasteiger partial charge in [-0.15, -0.1) is 0 Å². The van der Waals surface area contributed by atoms with Gasteiger partial charge in [-0.2, -0.15) is 0 Å². The van der Waals surface area contributed by atoms with E-state index in [4.69, 9.17) is 0 Å². The Morgan fingerprint density at radius 1 is 1.44 bits per heavy atom. The Balaban J connectivity index is 2.23. The highest BCUT2D eigenvalue weighted by atomic mass is 79.9. The molecule has 0 spiro atoms. The van der Waals surface area contributed by atoms with E-state index in [0.29, 0.717) is 10.9 Å². The van der Waals surface area contributed by atoms with Gasteiger partial charge in [-0.25, -0.2) is 4.39 Å². The van der Waals surface area contributed by atoms with Gasteiger partial charge < -0.3 is 5.11 Å². The fourth-order valence-corrected chi connectivity index (χ4v) is 2.48. The molecule has 1 aliphatic carbocycles. The lowest BCUT2D eigenvalue weighted by molar-refractivity contribution is 0.0749. The van der Waals surface area contributed by atoms with Crippen LogP contribution in [0.1, 0.15) is 24.8 Å². The second-order valence-corrected chi connectivity index (χ2v) is 5.08. The molecule has 0 heterocycles. The van der Waals surface area contributed by atoms with Crippen molar-refractivity contribution in [3.05, 3.63) is 46.2 Å². The number of halogens is 2. The average Bonchev–Trinajstić information content (AvgIpc) is 2.26. The molecule has 0 saturated carbocycles. The van der Waals surface area contributed by atoms with Crippen LogP contribution in [0.4, 0.5) is 4.39 Å². The van der Waals surface area contributed by atoms with Crippen LogP contribution < -0.4 is 0 Å². The second kappa shape index (κ2) is 4.68. The van der Waals surface area contributed by atoms with E-state index in [1.165, 1.54) is 6.07 Å². The average molecular weight is 285 g/mol. The molecule has 0 aromatic heterocycles. The van der Waals surface area contributed by atoms with Crippen LogP contribution in [0, 0.1) is 5.82 Å². The van der Waals surface area contributed by atoms with Crippen molar-refractivity contribution in [2.45, 2.75) is 31.3 Å². The summed E-state index contributed by atoms with van der Waals surface area (Å²) in [5.74, 6) is -0.277. The molecule has 86 valence electrons. The summed E-state index contributed by atoms with van der Waals surface area (Å²) in [4.78, 5) is 0. The number of hydrogen-bond donors (Lipinski definition) is 1. The van der Waals surface area contributed by atoms with Crippen LogP contribution in [0.2, 0.25) is 0 Å². The van der Waals surface area contributed by atoms with Gasteiger partial charge in [0.25, 0.3) is 0 Å². The lowest BCUT2D eigenvalue weighted by atomic mass is 9.85. The van der Waals surface area contributed by atoms with E-state index in [2.05, 4.69) is 15.9 Å². The third-order valence-corrected chi connectivity index (χ3v) is 3.82. The zero-order chi connectivity index (χ0) is 11.6. The normalized spacial score (nSPS) is 24.7. The van der Waals surface area contributed by atoms with Crippen LogP contribution in [-0.2, 0) is 6.42 Å². The van der Waals surface area contributed by atoms with Gasteiger partial charge >= 0.3 is 0 Å². The molecule has 1 aliphatic rings. The lowest BCUT2D eigenvalue weighted by Crippen LogP contribution is -2.30. The Kier molecular flexibility index (Phi) is 3.45. The molecule has 2 rings (SSSR count). The van der Waals surface area contributed by atoms with E-state index in [0.717, 1.165) is 24.8 Å². The molecule has 3 heteroatoms. The van der Waals surface area contributed by atoms with E-state index in [9.17, 15) is 9.50 Å². The van der Waals surface area contributed by atoms with Crippen LogP contribution in [-0.4, -0.2) is 10.7 Å². The predicted octanol–water partition coefficient (Wildman–Crippen LogP) is 3.60. The van der Waals surface area contributed by atoms with E-state index in [-0.39, 0.29) is 5.82 Å². The molecule has 16 heavy (non-hydrogen) atoms. The summed E-state index contributed by atoms with van der Waals surface area (Å²) in [6.45, 7) is 0. The Bertz CT molecular complexity index is 416. The minimum atomic E-state index is -0.811. The first-order valence-corrected chi connectivity index (χ1v) is 6.23. The maximum absolute atomic E-state index is 13.3. The van der Waals surface area contributed by atoms with Crippen molar-refractivity contribution < 1.29 is 9.50 Å². The molecule has 0 fully saturated rings. The Morgan fingerprint density at radius 2 is 2.25 bits per heavy atom. The van der Waals surface area contributed by atoms with Gasteiger partial charge in [0.15, 0.2) is 0 Å². The van der Waals surface area contributed by atoms with Crippen molar-refractivity contribution in [1.82, 2.24) is 0 Å². The summed E-state index contributed by atoms with van der Waals surface area (Å²) < 4.78 is 13.8. The minimum absolute atomic E-state index is 0.277. The van der Waals surface area contributed by atoms with Gasteiger partial charge in [-0.3, -0.25) is 0 Å². The van der Waals surface area contributed by atoms with E-state index in [1.54, 1.807) is 6.07 Å². The van der Waals surface area contributed by atoms with E-state index >= 15 is 0 Å². The summed E-state index contributed by atoms with van der Waals surface area (Å²) in [5, 5.41) is 10.3. The first-order chi connectivity index (χ1) is 7.61. The zero-order valence-electron chi connectivity index (χ0n) is 8.92. The maximum atomic E-state index is 13.3. The van der Waals surface area contributed by atoms with Gasteiger partial charge in [0, 0.05) is 6.42 Å². The van der Waals surface area contributed by atoms with Gasteiger partial charge in [0.1, 0.15) is 5.82 Å². The van der Waals surface area contributed by atoms with Crippen molar-refractivity contribution in [2.75, 3.05) is 0 Å². The molecule has 0 amide bonds. The fourth-order valence-electron chi connectivity index (χ4n) is 2.07. The number of aliphatic hydroxyl groups is 1. The lowest BCUT2D eigenvalue weighted by Gasteiger charge is -2.28. The molecule has 1 aromatic rings. The summed E-state index contributed by atoms with van der Waals surface area (Å²) in [7, 11) is 0. The molecule has 0 radical (unpaired) electrons. The third kappa shape index (κ3) is 2.53. The number of benzene rings is 1. The van der Waals surface area contributed by atoms with Crippen LogP contribution in [0.15, 0.2) is 34.8 Å². The molecule has 1 aromatic carbocycles. The van der Waals surface area contributed by atoms with Crippen LogP contribution in [0.5, 0.6) is 0 Å². The summed E-state index contributed by atoms with van der Waals surface area (Å²) in [5.41, 5.74) is 0.00299. The first kappa shape index (κ1) is 11.8. The molecule has 1 nitrogen and oxygen atoms in total. The van der Waals surface area contributed by atoms with Crippen molar-refractivity contribution in [3.8, 4) is 0 Å². The highest BCUT2D eigenvalue weighted by Crippen LogP contribution is 2.30. The Morgan fingerprint density at radius 3 is 2.94 bits per heavy atom. The van der Waals surface area contributed by atoms with Gasteiger partial charge in [0.05, 0.1) is 10.1 Å². The molecule has 0 saturated heterocycles. The highest BCUT2D eigenvalue weighted by Gasteiger charge is 2.26.